The largest absolute Gasteiger partial charge is 0.497 e. The molecule has 2 aromatic carbocycles. The zero-order valence-corrected chi connectivity index (χ0v) is 17.1. The average Bonchev–Trinajstić information content (AvgIpc) is 3.21. The van der Waals surface area contributed by atoms with Crippen molar-refractivity contribution < 1.29 is 9.53 Å². The molecule has 3 aromatic rings. The molecule has 0 spiro atoms. The molecule has 2 N–H and O–H groups in total. The quantitative estimate of drug-likeness (QED) is 0.673. The number of para-hydroxylation sites is 1. The van der Waals surface area contributed by atoms with E-state index in [1.807, 2.05) is 54.6 Å². The van der Waals surface area contributed by atoms with Crippen LogP contribution in [0.5, 0.6) is 5.75 Å². The number of rotatable bonds is 5. The third-order valence-electron chi connectivity index (χ3n) is 4.95. The summed E-state index contributed by atoms with van der Waals surface area (Å²) < 4.78 is 7.10. The third kappa shape index (κ3) is 4.78. The maximum absolute atomic E-state index is 13.1. The summed E-state index contributed by atoms with van der Waals surface area (Å²) in [6.07, 6.45) is 3.85. The molecular weight excluding hydrogens is 388 g/mol. The number of hydrogen-bond donors (Lipinski definition) is 2. The van der Waals surface area contributed by atoms with Gasteiger partial charge >= 0.3 is 0 Å². The normalized spacial score (nSPS) is 16.0. The molecule has 1 unspecified atom stereocenters. The van der Waals surface area contributed by atoms with E-state index >= 15 is 0 Å². The SMILES string of the molecule is COc1cccc(-c2nn(-c3ccccc3)cc2C(=O)NC2CCCNC2)c1.Cl. The van der Waals surface area contributed by atoms with Gasteiger partial charge in [-0.2, -0.15) is 5.10 Å². The second-order valence-electron chi connectivity index (χ2n) is 6.92. The summed E-state index contributed by atoms with van der Waals surface area (Å²) in [5.41, 5.74) is 2.96. The average molecular weight is 413 g/mol. The Morgan fingerprint density at radius 2 is 2.03 bits per heavy atom. The Labute approximate surface area is 176 Å². The molecule has 1 aliphatic heterocycles. The molecule has 0 radical (unpaired) electrons. The summed E-state index contributed by atoms with van der Waals surface area (Å²) in [6.45, 7) is 1.81. The Bertz CT molecular complexity index is 952. The van der Waals surface area contributed by atoms with Gasteiger partial charge in [0.05, 0.1) is 18.4 Å². The van der Waals surface area contributed by atoms with Crippen LogP contribution >= 0.6 is 12.4 Å². The van der Waals surface area contributed by atoms with Crippen molar-refractivity contribution in [3.63, 3.8) is 0 Å². The number of aromatic nitrogens is 2. The first-order valence-corrected chi connectivity index (χ1v) is 9.55. The Morgan fingerprint density at radius 1 is 1.21 bits per heavy atom. The van der Waals surface area contributed by atoms with E-state index in [0.717, 1.165) is 42.9 Å². The molecule has 1 saturated heterocycles. The molecule has 1 aliphatic rings. The van der Waals surface area contributed by atoms with Crippen molar-refractivity contribution >= 4 is 18.3 Å². The third-order valence-corrected chi connectivity index (χ3v) is 4.95. The van der Waals surface area contributed by atoms with Crippen LogP contribution in [0.15, 0.2) is 60.8 Å². The molecule has 1 aromatic heterocycles. The van der Waals surface area contributed by atoms with Gasteiger partial charge in [0.15, 0.2) is 0 Å². The number of amides is 1. The van der Waals surface area contributed by atoms with Crippen LogP contribution in [0, 0.1) is 0 Å². The van der Waals surface area contributed by atoms with Crippen LogP contribution in [0.25, 0.3) is 16.9 Å². The minimum absolute atomic E-state index is 0. The number of benzene rings is 2. The van der Waals surface area contributed by atoms with E-state index < -0.39 is 0 Å². The Balaban J connectivity index is 0.00000240. The van der Waals surface area contributed by atoms with Crippen molar-refractivity contribution in [2.45, 2.75) is 18.9 Å². The summed E-state index contributed by atoms with van der Waals surface area (Å²) in [4.78, 5) is 13.1. The van der Waals surface area contributed by atoms with Gasteiger partial charge in [0.2, 0.25) is 0 Å². The van der Waals surface area contributed by atoms with E-state index in [1.165, 1.54) is 0 Å². The second-order valence-corrected chi connectivity index (χ2v) is 6.92. The number of nitrogens with zero attached hydrogens (tertiary/aromatic N) is 2. The monoisotopic (exact) mass is 412 g/mol. The van der Waals surface area contributed by atoms with Crippen molar-refractivity contribution in [2.75, 3.05) is 20.2 Å². The van der Waals surface area contributed by atoms with Crippen molar-refractivity contribution in [1.82, 2.24) is 20.4 Å². The first kappa shape index (κ1) is 20.9. The van der Waals surface area contributed by atoms with Crippen LogP contribution in [0.1, 0.15) is 23.2 Å². The van der Waals surface area contributed by atoms with Crippen molar-refractivity contribution in [1.29, 1.82) is 0 Å². The molecule has 7 heteroatoms. The minimum Gasteiger partial charge on any atom is -0.497 e. The molecule has 29 heavy (non-hydrogen) atoms. The smallest absolute Gasteiger partial charge is 0.255 e. The number of methoxy groups -OCH3 is 1. The Morgan fingerprint density at radius 3 is 2.76 bits per heavy atom. The van der Waals surface area contributed by atoms with Crippen LogP contribution in [0.4, 0.5) is 0 Å². The predicted molar refractivity (Wildman–Crippen MR) is 116 cm³/mol. The first-order valence-electron chi connectivity index (χ1n) is 9.55. The summed E-state index contributed by atoms with van der Waals surface area (Å²) in [7, 11) is 1.63. The number of ether oxygens (including phenoxy) is 1. The van der Waals surface area contributed by atoms with E-state index in [4.69, 9.17) is 9.84 Å². The molecule has 2 heterocycles. The van der Waals surface area contributed by atoms with Crippen LogP contribution in [0.3, 0.4) is 0 Å². The highest BCUT2D eigenvalue weighted by Gasteiger charge is 2.22. The van der Waals surface area contributed by atoms with Crippen molar-refractivity contribution in [3.05, 3.63) is 66.4 Å². The lowest BCUT2D eigenvalue weighted by Crippen LogP contribution is -2.45. The molecular formula is C22H25ClN4O2. The van der Waals surface area contributed by atoms with Gasteiger partial charge in [-0.1, -0.05) is 30.3 Å². The first-order chi connectivity index (χ1) is 13.7. The molecule has 0 aliphatic carbocycles. The molecule has 1 amide bonds. The fraction of sp³-hybridized carbons (Fsp3) is 0.273. The van der Waals surface area contributed by atoms with Gasteiger partial charge < -0.3 is 15.4 Å². The Kier molecular flexibility index (Phi) is 6.90. The van der Waals surface area contributed by atoms with Crippen LogP contribution in [-0.4, -0.2) is 41.9 Å². The fourth-order valence-electron chi connectivity index (χ4n) is 3.47. The number of carbonyl (C=O) groups excluding carboxylic acids is 1. The highest BCUT2D eigenvalue weighted by molar-refractivity contribution is 6.00. The molecule has 0 saturated carbocycles. The van der Waals surface area contributed by atoms with E-state index in [0.29, 0.717) is 11.3 Å². The number of nitrogens with one attached hydrogen (secondary N) is 2. The lowest BCUT2D eigenvalue weighted by atomic mass is 10.0. The number of carbonyl (C=O) groups is 1. The lowest BCUT2D eigenvalue weighted by molar-refractivity contribution is 0.0931. The second kappa shape index (κ2) is 9.58. The highest BCUT2D eigenvalue weighted by Crippen LogP contribution is 2.27. The topological polar surface area (TPSA) is 68.2 Å². The summed E-state index contributed by atoms with van der Waals surface area (Å²) in [5, 5.41) is 11.2. The van der Waals surface area contributed by atoms with E-state index in [2.05, 4.69) is 10.6 Å². The van der Waals surface area contributed by atoms with E-state index in [-0.39, 0.29) is 24.4 Å². The molecule has 1 atom stereocenters. The number of hydrogen-bond acceptors (Lipinski definition) is 4. The molecule has 6 nitrogen and oxygen atoms in total. The van der Waals surface area contributed by atoms with Gasteiger partial charge in [0.25, 0.3) is 5.91 Å². The zero-order chi connectivity index (χ0) is 19.3. The minimum atomic E-state index is -0.103. The van der Waals surface area contributed by atoms with Gasteiger partial charge in [-0.05, 0) is 43.7 Å². The maximum atomic E-state index is 13.1. The number of halogens is 1. The van der Waals surface area contributed by atoms with E-state index in [9.17, 15) is 4.79 Å². The standard InChI is InChI=1S/C22H24N4O2.ClH/c1-28-19-11-5-7-16(13-19)21-20(22(27)24-17-8-6-12-23-14-17)15-26(25-21)18-9-3-2-4-10-18;/h2-5,7,9-11,13,15,17,23H,6,8,12,14H2,1H3,(H,24,27);1H. The highest BCUT2D eigenvalue weighted by atomic mass is 35.5. The zero-order valence-electron chi connectivity index (χ0n) is 16.3. The molecule has 0 bridgehead atoms. The van der Waals surface area contributed by atoms with Crippen molar-refractivity contribution in [3.8, 4) is 22.7 Å². The van der Waals surface area contributed by atoms with Crippen molar-refractivity contribution in [2.24, 2.45) is 0 Å². The fourth-order valence-corrected chi connectivity index (χ4v) is 3.47. The van der Waals surface area contributed by atoms with Gasteiger partial charge in [-0.15, -0.1) is 12.4 Å². The molecule has 4 rings (SSSR count). The molecule has 152 valence electrons. The number of piperidine rings is 1. The van der Waals surface area contributed by atoms with Crippen LogP contribution < -0.4 is 15.4 Å². The van der Waals surface area contributed by atoms with Gasteiger partial charge in [0.1, 0.15) is 11.4 Å². The maximum Gasteiger partial charge on any atom is 0.255 e. The van der Waals surface area contributed by atoms with Gasteiger partial charge in [0, 0.05) is 24.3 Å². The lowest BCUT2D eigenvalue weighted by Gasteiger charge is -2.23. The van der Waals surface area contributed by atoms with Crippen LogP contribution in [-0.2, 0) is 0 Å². The Hall–Kier alpha value is -2.83. The summed E-state index contributed by atoms with van der Waals surface area (Å²) in [5.74, 6) is 0.628. The van der Waals surface area contributed by atoms with Gasteiger partial charge in [-0.25, -0.2) is 4.68 Å². The summed E-state index contributed by atoms with van der Waals surface area (Å²) in [6, 6.07) is 17.6. The summed E-state index contributed by atoms with van der Waals surface area (Å²) >= 11 is 0. The van der Waals surface area contributed by atoms with Crippen LogP contribution in [0.2, 0.25) is 0 Å². The molecule has 1 fully saturated rings. The van der Waals surface area contributed by atoms with E-state index in [1.54, 1.807) is 18.0 Å². The van der Waals surface area contributed by atoms with Gasteiger partial charge in [-0.3, -0.25) is 4.79 Å². The predicted octanol–water partition coefficient (Wildman–Crippen LogP) is 3.45.